The van der Waals surface area contributed by atoms with E-state index >= 15 is 0 Å². The number of esters is 1. The summed E-state index contributed by atoms with van der Waals surface area (Å²) in [6.07, 6.45) is 0.0400. The Morgan fingerprint density at radius 1 is 1.12 bits per heavy atom. The highest BCUT2D eigenvalue weighted by Crippen LogP contribution is 2.47. The van der Waals surface area contributed by atoms with Crippen LogP contribution in [0.1, 0.15) is 61.8 Å². The molecule has 1 rings (SSSR count). The van der Waals surface area contributed by atoms with Crippen molar-refractivity contribution in [3.63, 3.8) is 0 Å². The van der Waals surface area contributed by atoms with E-state index in [0.29, 0.717) is 13.2 Å². The quantitative estimate of drug-likeness (QED) is 0.740. The SMILES string of the molecule is CC(C(O)COC(=O)C(C)(CC(C)(C)C)C(C)(C)C)N1CCOCC1. The highest BCUT2D eigenvalue weighted by atomic mass is 16.5. The Morgan fingerprint density at radius 2 is 1.64 bits per heavy atom. The van der Waals surface area contributed by atoms with Crippen LogP contribution in [0.2, 0.25) is 0 Å². The maximum atomic E-state index is 12.9. The number of nitrogens with zero attached hydrogens (tertiary/aromatic N) is 1. The Balaban J connectivity index is 2.70. The zero-order valence-electron chi connectivity index (χ0n) is 17.5. The summed E-state index contributed by atoms with van der Waals surface area (Å²) in [6.45, 7) is 19.6. The number of ether oxygens (including phenoxy) is 2. The van der Waals surface area contributed by atoms with Gasteiger partial charge in [0.05, 0.1) is 18.6 Å². The number of aliphatic hydroxyl groups is 1. The fourth-order valence-electron chi connectivity index (χ4n) is 3.39. The molecule has 148 valence electrons. The van der Waals surface area contributed by atoms with Crippen molar-refractivity contribution in [2.75, 3.05) is 32.9 Å². The second-order valence-electron chi connectivity index (χ2n) is 9.87. The zero-order valence-corrected chi connectivity index (χ0v) is 17.5. The highest BCUT2D eigenvalue weighted by molar-refractivity contribution is 5.77. The standard InChI is InChI=1S/C20H39NO4/c1-15(21-9-11-24-12-10-21)16(22)13-25-17(23)20(8,19(5,6)7)14-18(2,3)4/h15-16,22H,9-14H2,1-8H3. The number of rotatable bonds is 6. The highest BCUT2D eigenvalue weighted by Gasteiger charge is 2.47. The second kappa shape index (κ2) is 8.36. The molecule has 0 spiro atoms. The summed E-state index contributed by atoms with van der Waals surface area (Å²) in [4.78, 5) is 15.1. The van der Waals surface area contributed by atoms with Crippen molar-refractivity contribution in [1.29, 1.82) is 0 Å². The van der Waals surface area contributed by atoms with E-state index in [2.05, 4.69) is 46.4 Å². The Labute approximate surface area is 154 Å². The Hall–Kier alpha value is -0.650. The van der Waals surface area contributed by atoms with Gasteiger partial charge in [0, 0.05) is 19.1 Å². The average molecular weight is 358 g/mol. The largest absolute Gasteiger partial charge is 0.462 e. The normalized spacial score (nSPS) is 22.1. The van der Waals surface area contributed by atoms with Crippen molar-refractivity contribution >= 4 is 5.97 Å². The predicted molar refractivity (Wildman–Crippen MR) is 100 cm³/mol. The topological polar surface area (TPSA) is 59.0 Å². The van der Waals surface area contributed by atoms with Gasteiger partial charge in [-0.3, -0.25) is 9.69 Å². The molecule has 5 heteroatoms. The average Bonchev–Trinajstić information content (AvgIpc) is 2.49. The van der Waals surface area contributed by atoms with Gasteiger partial charge >= 0.3 is 5.97 Å². The molecule has 0 saturated carbocycles. The van der Waals surface area contributed by atoms with Crippen LogP contribution in [-0.4, -0.2) is 61.0 Å². The first kappa shape index (κ1) is 22.4. The van der Waals surface area contributed by atoms with E-state index in [1.54, 1.807) is 0 Å². The molecule has 1 fully saturated rings. The monoisotopic (exact) mass is 357 g/mol. The van der Waals surface area contributed by atoms with Crippen LogP contribution in [0, 0.1) is 16.2 Å². The van der Waals surface area contributed by atoms with Gasteiger partial charge in [-0.1, -0.05) is 41.5 Å². The van der Waals surface area contributed by atoms with Crippen LogP contribution in [0.5, 0.6) is 0 Å². The van der Waals surface area contributed by atoms with Gasteiger partial charge in [0.1, 0.15) is 12.7 Å². The lowest BCUT2D eigenvalue weighted by Gasteiger charge is -2.43. The summed E-state index contributed by atoms with van der Waals surface area (Å²) in [6, 6.07) is -0.0554. The molecule has 0 bridgehead atoms. The van der Waals surface area contributed by atoms with Crippen LogP contribution >= 0.6 is 0 Å². The van der Waals surface area contributed by atoms with E-state index in [1.165, 1.54) is 0 Å². The molecule has 0 aliphatic carbocycles. The van der Waals surface area contributed by atoms with Crippen LogP contribution in [0.15, 0.2) is 0 Å². The minimum atomic E-state index is -0.694. The predicted octanol–water partition coefficient (Wildman–Crippen LogP) is 3.10. The second-order valence-corrected chi connectivity index (χ2v) is 9.87. The van der Waals surface area contributed by atoms with Gasteiger partial charge < -0.3 is 14.6 Å². The first-order valence-electron chi connectivity index (χ1n) is 9.45. The lowest BCUT2D eigenvalue weighted by molar-refractivity contribution is -0.169. The van der Waals surface area contributed by atoms with Gasteiger partial charge in [0.25, 0.3) is 0 Å². The molecule has 1 aliphatic rings. The number of carbonyl (C=O) groups is 1. The van der Waals surface area contributed by atoms with E-state index in [1.807, 2.05) is 13.8 Å². The van der Waals surface area contributed by atoms with Crippen molar-refractivity contribution in [3.8, 4) is 0 Å². The molecular weight excluding hydrogens is 318 g/mol. The lowest BCUT2D eigenvalue weighted by atomic mass is 9.61. The van der Waals surface area contributed by atoms with Crippen molar-refractivity contribution in [2.45, 2.75) is 74.0 Å². The van der Waals surface area contributed by atoms with Crippen molar-refractivity contribution in [3.05, 3.63) is 0 Å². The van der Waals surface area contributed by atoms with Crippen molar-refractivity contribution < 1.29 is 19.4 Å². The third-order valence-corrected chi connectivity index (χ3v) is 5.55. The van der Waals surface area contributed by atoms with E-state index in [0.717, 1.165) is 19.5 Å². The summed E-state index contributed by atoms with van der Waals surface area (Å²) in [5.74, 6) is -0.219. The Morgan fingerprint density at radius 3 is 2.08 bits per heavy atom. The first-order chi connectivity index (χ1) is 11.3. The number of carbonyl (C=O) groups excluding carboxylic acids is 1. The van der Waals surface area contributed by atoms with E-state index in [4.69, 9.17) is 9.47 Å². The number of morpholine rings is 1. The van der Waals surface area contributed by atoms with Crippen LogP contribution < -0.4 is 0 Å². The maximum absolute atomic E-state index is 12.9. The smallest absolute Gasteiger partial charge is 0.312 e. The molecule has 0 radical (unpaired) electrons. The summed E-state index contributed by atoms with van der Waals surface area (Å²) in [5, 5.41) is 10.5. The molecule has 0 aromatic rings. The fraction of sp³-hybridized carbons (Fsp3) is 0.950. The number of aliphatic hydroxyl groups excluding tert-OH is 1. The molecule has 0 aromatic carbocycles. The fourth-order valence-corrected chi connectivity index (χ4v) is 3.39. The number of hydrogen-bond acceptors (Lipinski definition) is 5. The van der Waals surface area contributed by atoms with Crippen LogP contribution in [0.4, 0.5) is 0 Å². The van der Waals surface area contributed by atoms with Gasteiger partial charge in [-0.15, -0.1) is 0 Å². The molecule has 1 aliphatic heterocycles. The molecule has 3 atom stereocenters. The Bertz CT molecular complexity index is 432. The van der Waals surface area contributed by atoms with Crippen molar-refractivity contribution in [1.82, 2.24) is 4.90 Å². The van der Waals surface area contributed by atoms with Gasteiger partial charge in [-0.2, -0.15) is 0 Å². The van der Waals surface area contributed by atoms with Gasteiger partial charge in [-0.25, -0.2) is 0 Å². The van der Waals surface area contributed by atoms with E-state index in [9.17, 15) is 9.90 Å². The molecule has 3 unspecified atom stereocenters. The van der Waals surface area contributed by atoms with Crippen LogP contribution in [-0.2, 0) is 14.3 Å². The van der Waals surface area contributed by atoms with Crippen LogP contribution in [0.25, 0.3) is 0 Å². The molecule has 0 aromatic heterocycles. The minimum Gasteiger partial charge on any atom is -0.462 e. The maximum Gasteiger partial charge on any atom is 0.312 e. The summed E-state index contributed by atoms with van der Waals surface area (Å²) >= 11 is 0. The van der Waals surface area contributed by atoms with Gasteiger partial charge in [0.15, 0.2) is 0 Å². The molecule has 1 saturated heterocycles. The molecule has 5 nitrogen and oxygen atoms in total. The lowest BCUT2D eigenvalue weighted by Crippen LogP contribution is -2.50. The minimum absolute atomic E-state index is 0.0146. The number of hydrogen-bond donors (Lipinski definition) is 1. The van der Waals surface area contributed by atoms with E-state index in [-0.39, 0.29) is 29.4 Å². The first-order valence-corrected chi connectivity index (χ1v) is 9.45. The zero-order chi connectivity index (χ0) is 19.5. The van der Waals surface area contributed by atoms with Crippen molar-refractivity contribution in [2.24, 2.45) is 16.2 Å². The van der Waals surface area contributed by atoms with Gasteiger partial charge in [-0.05, 0) is 31.1 Å². The molecule has 25 heavy (non-hydrogen) atoms. The van der Waals surface area contributed by atoms with Crippen LogP contribution in [0.3, 0.4) is 0 Å². The third kappa shape index (κ3) is 6.22. The summed E-state index contributed by atoms with van der Waals surface area (Å²) in [5.41, 5.74) is -0.813. The van der Waals surface area contributed by atoms with E-state index < -0.39 is 11.5 Å². The summed E-state index contributed by atoms with van der Waals surface area (Å²) in [7, 11) is 0. The molecule has 1 N–H and O–H groups in total. The molecule has 0 amide bonds. The summed E-state index contributed by atoms with van der Waals surface area (Å²) < 4.78 is 11.0. The van der Waals surface area contributed by atoms with Gasteiger partial charge in [0.2, 0.25) is 0 Å². The Kier molecular flexibility index (Phi) is 7.49. The molecular formula is C20H39NO4. The molecule has 1 heterocycles. The third-order valence-electron chi connectivity index (χ3n) is 5.55.